The largest absolute Gasteiger partial charge is 0.508 e. The molecule has 1 rings (SSSR count). The molecule has 0 fully saturated rings. The number of rotatable bonds is 3. The summed E-state index contributed by atoms with van der Waals surface area (Å²) in [6.45, 7) is -0.0330. The molecule has 3 nitrogen and oxygen atoms in total. The van der Waals surface area contributed by atoms with E-state index in [2.05, 4.69) is 0 Å². The summed E-state index contributed by atoms with van der Waals surface area (Å²) in [7, 11) is 0. The second-order valence-electron chi connectivity index (χ2n) is 2.94. The maximum atomic E-state index is 9.17. The van der Waals surface area contributed by atoms with Gasteiger partial charge in [0.25, 0.3) is 0 Å². The maximum Gasteiger partial charge on any atom is 0.118 e. The number of phenols is 1. The van der Waals surface area contributed by atoms with Crippen LogP contribution in [0.15, 0.2) is 12.1 Å². The lowest BCUT2D eigenvalue weighted by molar-refractivity contribution is 0.276. The normalized spacial score (nSPS) is 12.9. The van der Waals surface area contributed by atoms with E-state index in [-0.39, 0.29) is 12.4 Å². The van der Waals surface area contributed by atoms with E-state index >= 15 is 0 Å². The summed E-state index contributed by atoms with van der Waals surface area (Å²) >= 11 is 11.7. The van der Waals surface area contributed by atoms with Crippen LogP contribution in [-0.4, -0.2) is 16.8 Å². The number of benzene rings is 1. The zero-order valence-corrected chi connectivity index (χ0v) is 8.89. The van der Waals surface area contributed by atoms with E-state index in [1.807, 2.05) is 0 Å². The lowest BCUT2D eigenvalue weighted by Gasteiger charge is -2.14. The van der Waals surface area contributed by atoms with Crippen LogP contribution in [0.1, 0.15) is 18.0 Å². The van der Waals surface area contributed by atoms with Crippen molar-refractivity contribution in [2.24, 2.45) is 5.73 Å². The maximum absolute atomic E-state index is 9.17. The fourth-order valence-corrected chi connectivity index (χ4v) is 1.96. The molecule has 78 valence electrons. The number of hydrogen-bond donors (Lipinski definition) is 3. The number of aliphatic hydroxyl groups excluding tert-OH is 1. The van der Waals surface area contributed by atoms with Gasteiger partial charge in [0.05, 0.1) is 10.0 Å². The Balaban J connectivity index is 3.07. The van der Waals surface area contributed by atoms with Crippen LogP contribution in [0.25, 0.3) is 0 Å². The molecule has 0 bridgehead atoms. The van der Waals surface area contributed by atoms with E-state index < -0.39 is 6.04 Å². The lowest BCUT2D eigenvalue weighted by Crippen LogP contribution is -2.13. The van der Waals surface area contributed by atoms with Crippen LogP contribution in [-0.2, 0) is 0 Å². The van der Waals surface area contributed by atoms with Gasteiger partial charge in [0.15, 0.2) is 0 Å². The summed E-state index contributed by atoms with van der Waals surface area (Å²) in [4.78, 5) is 0. The topological polar surface area (TPSA) is 66.5 Å². The van der Waals surface area contributed by atoms with E-state index in [9.17, 15) is 5.11 Å². The monoisotopic (exact) mass is 235 g/mol. The molecule has 0 spiro atoms. The Kier molecular flexibility index (Phi) is 4.01. The van der Waals surface area contributed by atoms with Gasteiger partial charge in [-0.2, -0.15) is 0 Å². The standard InChI is InChI=1S/C9H11Cl2NO2/c10-6-3-5(14)4-7(11)9(6)8(12)1-2-13/h3-4,8,13-14H,1-2,12H2. The molecule has 1 aromatic carbocycles. The third-order valence-corrected chi connectivity index (χ3v) is 2.50. The predicted molar refractivity (Wildman–Crippen MR) is 56.8 cm³/mol. The average molecular weight is 236 g/mol. The molecular formula is C9H11Cl2NO2. The molecule has 0 saturated carbocycles. The Morgan fingerprint density at radius 3 is 2.21 bits per heavy atom. The summed E-state index contributed by atoms with van der Waals surface area (Å²) in [6, 6.07) is 2.33. The highest BCUT2D eigenvalue weighted by Gasteiger charge is 2.14. The molecule has 0 aromatic heterocycles. The predicted octanol–water partition coefficient (Wildman–Crippen LogP) is 2.08. The third-order valence-electron chi connectivity index (χ3n) is 1.87. The van der Waals surface area contributed by atoms with Crippen LogP contribution in [0, 0.1) is 0 Å². The van der Waals surface area contributed by atoms with Gasteiger partial charge in [-0.3, -0.25) is 0 Å². The highest BCUT2D eigenvalue weighted by atomic mass is 35.5. The summed E-state index contributed by atoms with van der Waals surface area (Å²) in [5.41, 5.74) is 6.30. The van der Waals surface area contributed by atoms with Crippen LogP contribution in [0.3, 0.4) is 0 Å². The van der Waals surface area contributed by atoms with Crippen molar-refractivity contribution in [3.63, 3.8) is 0 Å². The summed E-state index contributed by atoms with van der Waals surface area (Å²) in [5.74, 6) is -0.0000477. The quantitative estimate of drug-likeness (QED) is 0.752. The summed E-state index contributed by atoms with van der Waals surface area (Å²) in [6.07, 6.45) is 0.379. The minimum absolute atomic E-state index is 0.0000477. The average Bonchev–Trinajstić information content (AvgIpc) is 2.01. The van der Waals surface area contributed by atoms with Crippen molar-refractivity contribution in [2.75, 3.05) is 6.61 Å². The summed E-state index contributed by atoms with van der Waals surface area (Å²) in [5, 5.41) is 18.5. The van der Waals surface area contributed by atoms with Crippen molar-refractivity contribution in [1.82, 2.24) is 0 Å². The number of hydrogen-bond acceptors (Lipinski definition) is 3. The van der Waals surface area contributed by atoms with Crippen molar-refractivity contribution in [3.8, 4) is 5.75 Å². The van der Waals surface area contributed by atoms with Gasteiger partial charge >= 0.3 is 0 Å². The fraction of sp³-hybridized carbons (Fsp3) is 0.333. The van der Waals surface area contributed by atoms with E-state index in [4.69, 9.17) is 34.0 Å². The van der Waals surface area contributed by atoms with Gasteiger partial charge in [-0.05, 0) is 18.6 Å². The first kappa shape index (κ1) is 11.6. The van der Waals surface area contributed by atoms with Gasteiger partial charge in [0, 0.05) is 18.2 Å². The number of aliphatic hydroxyl groups is 1. The van der Waals surface area contributed by atoms with Gasteiger partial charge < -0.3 is 15.9 Å². The minimum Gasteiger partial charge on any atom is -0.508 e. The highest BCUT2D eigenvalue weighted by molar-refractivity contribution is 6.36. The van der Waals surface area contributed by atoms with Crippen LogP contribution < -0.4 is 5.73 Å². The zero-order chi connectivity index (χ0) is 10.7. The van der Waals surface area contributed by atoms with Gasteiger partial charge in [-0.15, -0.1) is 0 Å². The van der Waals surface area contributed by atoms with Crippen LogP contribution in [0.5, 0.6) is 5.75 Å². The van der Waals surface area contributed by atoms with Gasteiger partial charge in [-0.1, -0.05) is 23.2 Å². The van der Waals surface area contributed by atoms with E-state index in [1.165, 1.54) is 12.1 Å². The van der Waals surface area contributed by atoms with Gasteiger partial charge in [0.2, 0.25) is 0 Å². The Hall–Kier alpha value is -0.480. The molecule has 0 radical (unpaired) electrons. The Bertz CT molecular complexity index is 308. The summed E-state index contributed by atoms with van der Waals surface area (Å²) < 4.78 is 0. The third kappa shape index (κ3) is 2.51. The van der Waals surface area contributed by atoms with Crippen molar-refractivity contribution in [2.45, 2.75) is 12.5 Å². The molecule has 0 aliphatic carbocycles. The molecule has 0 saturated heterocycles. The Morgan fingerprint density at radius 2 is 1.79 bits per heavy atom. The molecular weight excluding hydrogens is 225 g/mol. The number of aromatic hydroxyl groups is 1. The lowest BCUT2D eigenvalue weighted by atomic mass is 10.0. The van der Waals surface area contributed by atoms with Crippen LogP contribution in [0.2, 0.25) is 10.0 Å². The molecule has 14 heavy (non-hydrogen) atoms. The second-order valence-corrected chi connectivity index (χ2v) is 3.76. The molecule has 4 N–H and O–H groups in total. The first-order valence-electron chi connectivity index (χ1n) is 4.10. The number of nitrogens with two attached hydrogens (primary N) is 1. The van der Waals surface area contributed by atoms with Crippen molar-refractivity contribution >= 4 is 23.2 Å². The SMILES string of the molecule is NC(CCO)c1c(Cl)cc(O)cc1Cl. The van der Waals surface area contributed by atoms with Gasteiger partial charge in [-0.25, -0.2) is 0 Å². The van der Waals surface area contributed by atoms with E-state index in [0.717, 1.165) is 0 Å². The fourth-order valence-electron chi connectivity index (χ4n) is 1.21. The van der Waals surface area contributed by atoms with Crippen molar-refractivity contribution < 1.29 is 10.2 Å². The number of halogens is 2. The van der Waals surface area contributed by atoms with Crippen LogP contribution >= 0.6 is 23.2 Å². The first-order chi connectivity index (χ1) is 6.56. The minimum atomic E-state index is -0.416. The highest BCUT2D eigenvalue weighted by Crippen LogP contribution is 2.34. The number of phenolic OH excluding ortho intramolecular Hbond substituents is 1. The van der Waals surface area contributed by atoms with E-state index in [1.54, 1.807) is 0 Å². The molecule has 0 heterocycles. The second kappa shape index (κ2) is 4.84. The molecule has 0 aliphatic heterocycles. The van der Waals surface area contributed by atoms with Crippen LogP contribution in [0.4, 0.5) is 0 Å². The smallest absolute Gasteiger partial charge is 0.118 e. The molecule has 0 amide bonds. The Morgan fingerprint density at radius 1 is 1.29 bits per heavy atom. The van der Waals surface area contributed by atoms with Gasteiger partial charge in [0.1, 0.15) is 5.75 Å². The molecule has 1 aromatic rings. The molecule has 0 aliphatic rings. The molecule has 1 unspecified atom stereocenters. The zero-order valence-electron chi connectivity index (χ0n) is 7.37. The van der Waals surface area contributed by atoms with Crippen molar-refractivity contribution in [3.05, 3.63) is 27.7 Å². The molecule has 1 atom stereocenters. The first-order valence-corrected chi connectivity index (χ1v) is 4.86. The Labute approximate surface area is 92.1 Å². The van der Waals surface area contributed by atoms with E-state index in [0.29, 0.717) is 22.0 Å². The van der Waals surface area contributed by atoms with Crippen molar-refractivity contribution in [1.29, 1.82) is 0 Å². The molecule has 5 heteroatoms.